The van der Waals surface area contributed by atoms with Gasteiger partial charge in [-0.25, -0.2) is 4.79 Å². The number of likely N-dealkylation sites (N-methyl/N-ethyl adjacent to an activating group) is 1. The summed E-state index contributed by atoms with van der Waals surface area (Å²) in [5, 5.41) is 0. The molecule has 25 heavy (non-hydrogen) atoms. The zero-order valence-corrected chi connectivity index (χ0v) is 15.9. The van der Waals surface area contributed by atoms with Crippen LogP contribution < -0.4 is 4.74 Å². The van der Waals surface area contributed by atoms with Gasteiger partial charge in [-0.05, 0) is 46.6 Å². The van der Waals surface area contributed by atoms with Crippen molar-refractivity contribution in [2.24, 2.45) is 0 Å². The number of hydrogen-bond acceptors (Lipinski definition) is 4. The second-order valence-corrected chi connectivity index (χ2v) is 6.43. The van der Waals surface area contributed by atoms with Gasteiger partial charge >= 0.3 is 5.97 Å². The predicted molar refractivity (Wildman–Crippen MR) is 98.5 cm³/mol. The fourth-order valence-electron chi connectivity index (χ4n) is 2.32. The SMILES string of the molecule is COc1ccc(C(=O)O[C@@H](C)C(=O)N(C)Cc2ccccc2)cc1Br. The summed E-state index contributed by atoms with van der Waals surface area (Å²) in [5.74, 6) is -0.203. The first-order valence-electron chi connectivity index (χ1n) is 7.75. The number of methoxy groups -OCH3 is 1. The van der Waals surface area contributed by atoms with Gasteiger partial charge < -0.3 is 14.4 Å². The van der Waals surface area contributed by atoms with E-state index in [1.54, 1.807) is 39.3 Å². The zero-order chi connectivity index (χ0) is 18.4. The van der Waals surface area contributed by atoms with Gasteiger partial charge in [0.05, 0.1) is 17.1 Å². The van der Waals surface area contributed by atoms with Gasteiger partial charge in [0.2, 0.25) is 0 Å². The summed E-state index contributed by atoms with van der Waals surface area (Å²) < 4.78 is 11.1. The summed E-state index contributed by atoms with van der Waals surface area (Å²) in [7, 11) is 3.23. The molecule has 0 aliphatic rings. The molecule has 132 valence electrons. The molecule has 1 amide bonds. The van der Waals surface area contributed by atoms with Crippen LogP contribution in [0.2, 0.25) is 0 Å². The lowest BCUT2D eigenvalue weighted by atomic mass is 10.2. The maximum atomic E-state index is 12.4. The highest BCUT2D eigenvalue weighted by molar-refractivity contribution is 9.10. The van der Waals surface area contributed by atoms with Gasteiger partial charge in [-0.15, -0.1) is 0 Å². The Balaban J connectivity index is 1.98. The van der Waals surface area contributed by atoms with E-state index in [0.717, 1.165) is 5.56 Å². The van der Waals surface area contributed by atoms with Gasteiger partial charge in [0.15, 0.2) is 6.10 Å². The molecule has 0 bridgehead atoms. The fourth-order valence-corrected chi connectivity index (χ4v) is 2.86. The van der Waals surface area contributed by atoms with Gasteiger partial charge in [-0.1, -0.05) is 30.3 Å². The predicted octanol–water partition coefficient (Wildman–Crippen LogP) is 3.66. The first-order valence-corrected chi connectivity index (χ1v) is 8.55. The lowest BCUT2D eigenvalue weighted by Gasteiger charge is -2.21. The van der Waals surface area contributed by atoms with E-state index < -0.39 is 12.1 Å². The van der Waals surface area contributed by atoms with Gasteiger partial charge in [-0.3, -0.25) is 4.79 Å². The number of hydrogen-bond donors (Lipinski definition) is 0. The zero-order valence-electron chi connectivity index (χ0n) is 14.4. The van der Waals surface area contributed by atoms with Crippen molar-refractivity contribution in [3.8, 4) is 5.75 Å². The van der Waals surface area contributed by atoms with Crippen molar-refractivity contribution < 1.29 is 19.1 Å². The third kappa shape index (κ3) is 5.06. The summed E-state index contributed by atoms with van der Waals surface area (Å²) in [6, 6.07) is 14.5. The quantitative estimate of drug-likeness (QED) is 0.688. The van der Waals surface area contributed by atoms with E-state index in [9.17, 15) is 9.59 Å². The van der Waals surface area contributed by atoms with E-state index in [4.69, 9.17) is 9.47 Å². The molecule has 0 N–H and O–H groups in total. The van der Waals surface area contributed by atoms with Crippen molar-refractivity contribution in [2.45, 2.75) is 19.6 Å². The van der Waals surface area contributed by atoms with Crippen LogP contribution >= 0.6 is 15.9 Å². The third-order valence-electron chi connectivity index (χ3n) is 3.66. The standard InChI is InChI=1S/C19H20BrNO4/c1-13(18(22)21(2)12-14-7-5-4-6-8-14)25-19(23)15-9-10-17(24-3)16(20)11-15/h4-11,13H,12H2,1-3H3/t13-/m0/s1. The molecule has 2 aromatic rings. The summed E-state index contributed by atoms with van der Waals surface area (Å²) in [6.45, 7) is 2.02. The summed E-state index contributed by atoms with van der Waals surface area (Å²) in [5.41, 5.74) is 1.36. The van der Waals surface area contributed by atoms with Gasteiger partial charge in [0, 0.05) is 13.6 Å². The highest BCUT2D eigenvalue weighted by Gasteiger charge is 2.22. The molecule has 0 aliphatic carbocycles. The van der Waals surface area contributed by atoms with E-state index in [1.807, 2.05) is 30.3 Å². The van der Waals surface area contributed by atoms with Crippen LogP contribution in [-0.4, -0.2) is 37.0 Å². The molecule has 0 fully saturated rings. The molecule has 5 nitrogen and oxygen atoms in total. The number of carbonyl (C=O) groups excluding carboxylic acids is 2. The lowest BCUT2D eigenvalue weighted by Crippen LogP contribution is -2.37. The molecule has 1 atom stereocenters. The molecule has 0 radical (unpaired) electrons. The minimum atomic E-state index is -0.873. The first kappa shape index (κ1) is 19.0. The molecule has 0 unspecified atom stereocenters. The Kier molecular flexibility index (Phi) is 6.58. The van der Waals surface area contributed by atoms with E-state index in [-0.39, 0.29) is 5.91 Å². The van der Waals surface area contributed by atoms with Crippen molar-refractivity contribution in [3.63, 3.8) is 0 Å². The summed E-state index contributed by atoms with van der Waals surface area (Å²) in [6.07, 6.45) is -0.873. The molecule has 6 heteroatoms. The molecule has 0 saturated heterocycles. The highest BCUT2D eigenvalue weighted by atomic mass is 79.9. The first-order chi connectivity index (χ1) is 11.9. The number of benzene rings is 2. The van der Waals surface area contributed by atoms with Crippen LogP contribution in [0, 0.1) is 0 Å². The van der Waals surface area contributed by atoms with Crippen LogP contribution in [-0.2, 0) is 16.1 Å². The Morgan fingerprint density at radius 1 is 1.16 bits per heavy atom. The molecule has 0 heterocycles. The van der Waals surface area contributed by atoms with Crippen molar-refractivity contribution in [1.82, 2.24) is 4.90 Å². The molecule has 0 aromatic heterocycles. The van der Waals surface area contributed by atoms with Crippen molar-refractivity contribution in [1.29, 1.82) is 0 Å². The number of nitrogens with zero attached hydrogens (tertiary/aromatic N) is 1. The molecule has 0 saturated carbocycles. The molecule has 0 spiro atoms. The number of carbonyl (C=O) groups is 2. The van der Waals surface area contributed by atoms with Crippen molar-refractivity contribution in [2.75, 3.05) is 14.2 Å². The number of ether oxygens (including phenoxy) is 2. The van der Waals surface area contributed by atoms with E-state index in [0.29, 0.717) is 22.3 Å². The van der Waals surface area contributed by atoms with Crippen LogP contribution in [0.4, 0.5) is 0 Å². The largest absolute Gasteiger partial charge is 0.496 e. The van der Waals surface area contributed by atoms with Crippen LogP contribution in [0.15, 0.2) is 53.0 Å². The smallest absolute Gasteiger partial charge is 0.338 e. The number of halogens is 1. The Bertz CT molecular complexity index is 748. The Labute approximate surface area is 155 Å². The lowest BCUT2D eigenvalue weighted by molar-refractivity contribution is -0.139. The topological polar surface area (TPSA) is 55.8 Å². The molecule has 2 aromatic carbocycles. The Morgan fingerprint density at radius 2 is 1.84 bits per heavy atom. The number of esters is 1. The normalized spacial score (nSPS) is 11.5. The van der Waals surface area contributed by atoms with Crippen molar-refractivity contribution in [3.05, 3.63) is 64.1 Å². The average Bonchev–Trinajstić information content (AvgIpc) is 2.61. The Hall–Kier alpha value is -2.34. The average molecular weight is 406 g/mol. The molecular weight excluding hydrogens is 386 g/mol. The maximum absolute atomic E-state index is 12.4. The van der Waals surface area contributed by atoms with Crippen LogP contribution in [0.5, 0.6) is 5.75 Å². The molecular formula is C19H20BrNO4. The highest BCUT2D eigenvalue weighted by Crippen LogP contribution is 2.26. The maximum Gasteiger partial charge on any atom is 0.338 e. The van der Waals surface area contributed by atoms with E-state index in [2.05, 4.69) is 15.9 Å². The van der Waals surface area contributed by atoms with Gasteiger partial charge in [-0.2, -0.15) is 0 Å². The van der Waals surface area contributed by atoms with Crippen LogP contribution in [0.1, 0.15) is 22.8 Å². The second-order valence-electron chi connectivity index (χ2n) is 5.58. The number of amides is 1. The number of rotatable bonds is 6. The third-order valence-corrected chi connectivity index (χ3v) is 4.28. The molecule has 0 aliphatic heterocycles. The summed E-state index contributed by atoms with van der Waals surface area (Å²) in [4.78, 5) is 26.2. The fraction of sp³-hybridized carbons (Fsp3) is 0.263. The van der Waals surface area contributed by atoms with Crippen molar-refractivity contribution >= 4 is 27.8 Å². The Morgan fingerprint density at radius 3 is 2.44 bits per heavy atom. The minimum absolute atomic E-state index is 0.259. The van der Waals surface area contributed by atoms with Crippen LogP contribution in [0.25, 0.3) is 0 Å². The molecule has 2 rings (SSSR count). The van der Waals surface area contributed by atoms with Crippen LogP contribution in [0.3, 0.4) is 0 Å². The van der Waals surface area contributed by atoms with Gasteiger partial charge in [0.1, 0.15) is 5.75 Å². The van der Waals surface area contributed by atoms with E-state index >= 15 is 0 Å². The van der Waals surface area contributed by atoms with Gasteiger partial charge in [0.25, 0.3) is 5.91 Å². The summed E-state index contributed by atoms with van der Waals surface area (Å²) >= 11 is 3.32. The van der Waals surface area contributed by atoms with E-state index in [1.165, 1.54) is 4.90 Å². The minimum Gasteiger partial charge on any atom is -0.496 e. The second kappa shape index (κ2) is 8.67. The monoisotopic (exact) mass is 405 g/mol.